The van der Waals surface area contributed by atoms with Crippen LogP contribution < -0.4 is 4.90 Å². The van der Waals surface area contributed by atoms with E-state index in [1.165, 1.54) is 6.42 Å². The Hall–Kier alpha value is -0.580. The molecule has 3 nitrogen and oxygen atoms in total. The number of nitrogens with zero attached hydrogens (tertiary/aromatic N) is 1. The monoisotopic (exact) mass is 327 g/mol. The molecule has 1 fully saturated rings. The number of likely N-dealkylation sites (N-methyl/N-ethyl adjacent to an activating group) is 1. The quantitative estimate of drug-likeness (QED) is 0.895. The number of hydrogen-bond donors (Lipinski definition) is 2. The Morgan fingerprint density at radius 3 is 2.58 bits per heavy atom. The second-order valence-electron chi connectivity index (χ2n) is 5.41. The van der Waals surface area contributed by atoms with Crippen molar-refractivity contribution in [2.75, 3.05) is 11.9 Å². The molecule has 1 aromatic carbocycles. The van der Waals surface area contributed by atoms with Crippen LogP contribution in [0.4, 0.5) is 5.69 Å². The molecule has 0 heterocycles. The molecule has 106 valence electrons. The molecule has 1 aliphatic carbocycles. The zero-order valence-electron chi connectivity index (χ0n) is 11.5. The summed E-state index contributed by atoms with van der Waals surface area (Å²) in [7, 11) is 2.03. The molecule has 2 rings (SSSR count). The third kappa shape index (κ3) is 3.30. The topological polar surface area (TPSA) is 43.7 Å². The van der Waals surface area contributed by atoms with Crippen LogP contribution in [0.1, 0.15) is 44.3 Å². The molecular formula is C15H22BrNO2. The Kier molecular flexibility index (Phi) is 4.87. The SMILES string of the molecule is C[C@@H](O)c1ccc(N(C)C2CCCCC2O)cc1Br. The van der Waals surface area contributed by atoms with Gasteiger partial charge in [0, 0.05) is 17.2 Å². The van der Waals surface area contributed by atoms with Crippen molar-refractivity contribution < 1.29 is 10.2 Å². The van der Waals surface area contributed by atoms with Gasteiger partial charge in [0.2, 0.25) is 0 Å². The van der Waals surface area contributed by atoms with Gasteiger partial charge < -0.3 is 15.1 Å². The average Bonchev–Trinajstić information content (AvgIpc) is 2.38. The van der Waals surface area contributed by atoms with Gasteiger partial charge in [0.05, 0.1) is 18.2 Å². The minimum atomic E-state index is -0.478. The van der Waals surface area contributed by atoms with Crippen LogP contribution >= 0.6 is 15.9 Å². The number of anilines is 1. The molecule has 2 N–H and O–H groups in total. The molecule has 3 atom stereocenters. The van der Waals surface area contributed by atoms with E-state index in [1.807, 2.05) is 25.2 Å². The van der Waals surface area contributed by atoms with E-state index in [-0.39, 0.29) is 12.1 Å². The lowest BCUT2D eigenvalue weighted by molar-refractivity contribution is 0.106. The highest BCUT2D eigenvalue weighted by Gasteiger charge is 2.27. The molecule has 0 aliphatic heterocycles. The first-order valence-electron chi connectivity index (χ1n) is 6.89. The summed E-state index contributed by atoms with van der Waals surface area (Å²) in [5.41, 5.74) is 1.96. The summed E-state index contributed by atoms with van der Waals surface area (Å²) < 4.78 is 0.914. The van der Waals surface area contributed by atoms with Crippen LogP contribution in [0.5, 0.6) is 0 Å². The fraction of sp³-hybridized carbons (Fsp3) is 0.600. The minimum absolute atomic E-state index is 0.193. The number of hydrogen-bond acceptors (Lipinski definition) is 3. The lowest BCUT2D eigenvalue weighted by atomic mass is 9.91. The van der Waals surface area contributed by atoms with Crippen LogP contribution in [-0.2, 0) is 0 Å². The summed E-state index contributed by atoms with van der Waals surface area (Å²) in [4.78, 5) is 2.15. The zero-order chi connectivity index (χ0) is 14.0. The van der Waals surface area contributed by atoms with Gasteiger partial charge in [-0.05, 0) is 37.5 Å². The summed E-state index contributed by atoms with van der Waals surface area (Å²) in [6.45, 7) is 1.76. The first kappa shape index (κ1) is 14.8. The van der Waals surface area contributed by atoms with Gasteiger partial charge >= 0.3 is 0 Å². The van der Waals surface area contributed by atoms with Gasteiger partial charge in [-0.1, -0.05) is 34.8 Å². The van der Waals surface area contributed by atoms with Crippen LogP contribution in [-0.4, -0.2) is 29.4 Å². The van der Waals surface area contributed by atoms with Crippen molar-refractivity contribution in [1.29, 1.82) is 0 Å². The van der Waals surface area contributed by atoms with Crippen molar-refractivity contribution in [3.05, 3.63) is 28.2 Å². The second kappa shape index (κ2) is 6.25. The highest BCUT2D eigenvalue weighted by atomic mass is 79.9. The van der Waals surface area contributed by atoms with Crippen molar-refractivity contribution in [3.8, 4) is 0 Å². The second-order valence-corrected chi connectivity index (χ2v) is 6.27. The van der Waals surface area contributed by atoms with E-state index in [2.05, 4.69) is 20.8 Å². The molecule has 2 unspecified atom stereocenters. The molecule has 0 amide bonds. The molecule has 1 aliphatic rings. The zero-order valence-corrected chi connectivity index (χ0v) is 13.1. The summed E-state index contributed by atoms with van der Waals surface area (Å²) in [5.74, 6) is 0. The van der Waals surface area contributed by atoms with Gasteiger partial charge in [0.1, 0.15) is 0 Å². The van der Waals surface area contributed by atoms with E-state index >= 15 is 0 Å². The molecular weight excluding hydrogens is 306 g/mol. The van der Waals surface area contributed by atoms with Crippen LogP contribution in [0.3, 0.4) is 0 Å². The maximum absolute atomic E-state index is 10.1. The fourth-order valence-electron chi connectivity index (χ4n) is 2.81. The van der Waals surface area contributed by atoms with Gasteiger partial charge in [-0.25, -0.2) is 0 Å². The Labute approximate surface area is 123 Å². The van der Waals surface area contributed by atoms with E-state index < -0.39 is 6.10 Å². The van der Waals surface area contributed by atoms with Crippen molar-refractivity contribution >= 4 is 21.6 Å². The molecule has 19 heavy (non-hydrogen) atoms. The Bertz CT molecular complexity index is 436. The fourth-order valence-corrected chi connectivity index (χ4v) is 3.51. The summed E-state index contributed by atoms with van der Waals surface area (Å²) in [6.07, 6.45) is 3.51. The van der Waals surface area contributed by atoms with E-state index in [0.717, 1.165) is 35.0 Å². The standard InChI is InChI=1S/C15H22BrNO2/c1-10(18)12-8-7-11(9-13(12)16)17(2)14-5-3-4-6-15(14)19/h7-10,14-15,18-19H,3-6H2,1-2H3/t10-,14?,15?/m1/s1. The highest BCUT2D eigenvalue weighted by molar-refractivity contribution is 9.10. The number of benzene rings is 1. The maximum Gasteiger partial charge on any atom is 0.0772 e. The number of aliphatic hydroxyl groups excluding tert-OH is 2. The van der Waals surface area contributed by atoms with E-state index in [0.29, 0.717) is 0 Å². The predicted molar refractivity (Wildman–Crippen MR) is 81.4 cm³/mol. The third-order valence-corrected chi connectivity index (χ3v) is 4.72. The van der Waals surface area contributed by atoms with Crippen LogP contribution in [0.15, 0.2) is 22.7 Å². The normalized spacial score (nSPS) is 25.1. The van der Waals surface area contributed by atoms with Crippen LogP contribution in [0, 0.1) is 0 Å². The van der Waals surface area contributed by atoms with Gasteiger partial charge in [-0.2, -0.15) is 0 Å². The molecule has 0 spiro atoms. The smallest absolute Gasteiger partial charge is 0.0772 e. The van der Waals surface area contributed by atoms with Gasteiger partial charge in [-0.3, -0.25) is 0 Å². The van der Waals surface area contributed by atoms with E-state index in [1.54, 1.807) is 6.92 Å². The predicted octanol–water partition coefficient (Wildman–Crippen LogP) is 3.24. The average molecular weight is 328 g/mol. The van der Waals surface area contributed by atoms with E-state index in [4.69, 9.17) is 0 Å². The van der Waals surface area contributed by atoms with Gasteiger partial charge in [0.15, 0.2) is 0 Å². The summed E-state index contributed by atoms with van der Waals surface area (Å²) in [6, 6.07) is 6.16. The Balaban J connectivity index is 2.19. The number of rotatable bonds is 3. The van der Waals surface area contributed by atoms with Crippen molar-refractivity contribution in [2.24, 2.45) is 0 Å². The first-order valence-corrected chi connectivity index (χ1v) is 7.68. The number of halogens is 1. The Morgan fingerprint density at radius 2 is 2.00 bits per heavy atom. The molecule has 0 bridgehead atoms. The van der Waals surface area contributed by atoms with E-state index in [9.17, 15) is 10.2 Å². The van der Waals surface area contributed by atoms with Crippen LogP contribution in [0.25, 0.3) is 0 Å². The highest BCUT2D eigenvalue weighted by Crippen LogP contribution is 2.31. The lowest BCUT2D eigenvalue weighted by Gasteiger charge is -2.36. The molecule has 0 radical (unpaired) electrons. The largest absolute Gasteiger partial charge is 0.391 e. The van der Waals surface area contributed by atoms with Crippen molar-refractivity contribution in [3.63, 3.8) is 0 Å². The first-order chi connectivity index (χ1) is 9.00. The van der Waals surface area contributed by atoms with Crippen LogP contribution in [0.2, 0.25) is 0 Å². The lowest BCUT2D eigenvalue weighted by Crippen LogP contribution is -2.43. The summed E-state index contributed by atoms with van der Waals surface area (Å²) in [5, 5.41) is 19.8. The molecule has 1 saturated carbocycles. The molecule has 0 aromatic heterocycles. The molecule has 1 aromatic rings. The number of aliphatic hydroxyl groups is 2. The third-order valence-electron chi connectivity index (χ3n) is 4.03. The maximum atomic E-state index is 10.1. The van der Waals surface area contributed by atoms with Crippen molar-refractivity contribution in [2.45, 2.75) is 50.9 Å². The molecule has 0 saturated heterocycles. The van der Waals surface area contributed by atoms with Crippen molar-refractivity contribution in [1.82, 2.24) is 0 Å². The van der Waals surface area contributed by atoms with Gasteiger partial charge in [0.25, 0.3) is 0 Å². The minimum Gasteiger partial charge on any atom is -0.391 e. The Morgan fingerprint density at radius 1 is 1.32 bits per heavy atom. The molecule has 4 heteroatoms. The van der Waals surface area contributed by atoms with Gasteiger partial charge in [-0.15, -0.1) is 0 Å². The summed E-state index contributed by atoms with van der Waals surface area (Å²) >= 11 is 3.51.